The van der Waals surface area contributed by atoms with Crippen LogP contribution in [0.5, 0.6) is 5.75 Å². The molecule has 1 amide bonds. The van der Waals surface area contributed by atoms with Gasteiger partial charge in [0.2, 0.25) is 0 Å². The maximum absolute atomic E-state index is 12.9. The zero-order valence-corrected chi connectivity index (χ0v) is 20.1. The molecule has 5 rings (SSSR count). The molecule has 0 spiro atoms. The first-order chi connectivity index (χ1) is 16.9. The number of nitrogens with zero attached hydrogens (tertiary/aromatic N) is 4. The highest BCUT2D eigenvalue weighted by Crippen LogP contribution is 2.31. The minimum Gasteiger partial charge on any atom is -0.489 e. The lowest BCUT2D eigenvalue weighted by Crippen LogP contribution is -2.38. The number of rotatable bonds is 5. The number of aromatic nitrogens is 2. The van der Waals surface area contributed by atoms with Crippen molar-refractivity contribution >= 4 is 17.0 Å². The Labute approximate surface area is 203 Å². The van der Waals surface area contributed by atoms with Crippen LogP contribution in [0.4, 0.5) is 4.79 Å². The molecule has 0 bridgehead atoms. The number of pyridine rings is 1. The van der Waals surface area contributed by atoms with Gasteiger partial charge >= 0.3 is 6.09 Å². The molecule has 2 aromatic heterocycles. The molecule has 0 radical (unpaired) electrons. The number of ether oxygens (including phenoxy) is 1. The van der Waals surface area contributed by atoms with Crippen LogP contribution in [0.25, 0.3) is 16.6 Å². The summed E-state index contributed by atoms with van der Waals surface area (Å²) in [7, 11) is 5.41. The van der Waals surface area contributed by atoms with Gasteiger partial charge in [0.05, 0.1) is 17.7 Å². The summed E-state index contributed by atoms with van der Waals surface area (Å²) in [5.74, 6) is 0.537. The summed E-state index contributed by atoms with van der Waals surface area (Å²) in [6, 6.07) is 19.1. The van der Waals surface area contributed by atoms with E-state index in [2.05, 4.69) is 4.57 Å². The summed E-state index contributed by atoms with van der Waals surface area (Å²) in [6.07, 6.45) is 2.13. The fraction of sp³-hybridized carbons (Fsp3) is 0.259. The molecule has 35 heavy (non-hydrogen) atoms. The van der Waals surface area contributed by atoms with E-state index in [1.807, 2.05) is 55.6 Å². The van der Waals surface area contributed by atoms with Crippen LogP contribution in [0.2, 0.25) is 0 Å². The van der Waals surface area contributed by atoms with Gasteiger partial charge in [0.1, 0.15) is 12.4 Å². The van der Waals surface area contributed by atoms with Crippen molar-refractivity contribution in [3.63, 3.8) is 0 Å². The summed E-state index contributed by atoms with van der Waals surface area (Å²) in [5, 5.41) is 2.48. The van der Waals surface area contributed by atoms with Gasteiger partial charge in [-0.1, -0.05) is 36.4 Å². The van der Waals surface area contributed by atoms with Crippen LogP contribution >= 0.6 is 0 Å². The Balaban J connectivity index is 1.40. The van der Waals surface area contributed by atoms with Crippen molar-refractivity contribution in [2.75, 3.05) is 20.6 Å². The van der Waals surface area contributed by atoms with Crippen molar-refractivity contribution in [2.24, 2.45) is 7.05 Å². The lowest BCUT2D eigenvalue weighted by molar-refractivity contribution is -0.0729. The lowest BCUT2D eigenvalue weighted by Gasteiger charge is -2.28. The largest absolute Gasteiger partial charge is 0.489 e. The maximum atomic E-state index is 12.9. The molecule has 8 heteroatoms. The van der Waals surface area contributed by atoms with Gasteiger partial charge in [-0.2, -0.15) is 0 Å². The third-order valence-corrected chi connectivity index (χ3v) is 6.32. The summed E-state index contributed by atoms with van der Waals surface area (Å²) in [6.45, 7) is 1.50. The Morgan fingerprint density at radius 3 is 2.60 bits per heavy atom. The molecule has 0 atom stereocenters. The van der Waals surface area contributed by atoms with Gasteiger partial charge in [0.25, 0.3) is 5.56 Å². The standard InChI is InChI=1S/C27H28N4O4/c1-28(2)35-27(33)30-13-12-24-23(17-30)22-10-9-20(15-25(22)29(24)3)31-14-11-21(16-26(31)32)34-18-19-7-5-4-6-8-19/h4-11,14-16H,12-13,17-18H2,1-3H3. The van der Waals surface area contributed by atoms with Gasteiger partial charge in [-0.3, -0.25) is 9.36 Å². The lowest BCUT2D eigenvalue weighted by atomic mass is 10.0. The van der Waals surface area contributed by atoms with Gasteiger partial charge in [-0.05, 0) is 23.8 Å². The van der Waals surface area contributed by atoms with E-state index in [4.69, 9.17) is 9.57 Å². The monoisotopic (exact) mass is 472 g/mol. The van der Waals surface area contributed by atoms with Gasteiger partial charge < -0.3 is 19.0 Å². The minimum atomic E-state index is -0.351. The fourth-order valence-electron chi connectivity index (χ4n) is 4.59. The smallest absolute Gasteiger partial charge is 0.429 e. The van der Waals surface area contributed by atoms with Crippen LogP contribution in [-0.2, 0) is 31.5 Å². The first kappa shape index (κ1) is 22.7. The number of hydrogen-bond acceptors (Lipinski definition) is 5. The Morgan fingerprint density at radius 1 is 1.06 bits per heavy atom. The zero-order chi connectivity index (χ0) is 24.5. The average Bonchev–Trinajstić information content (AvgIpc) is 3.14. The predicted molar refractivity (Wildman–Crippen MR) is 134 cm³/mol. The number of hydroxylamine groups is 2. The molecule has 0 fully saturated rings. The highest BCUT2D eigenvalue weighted by Gasteiger charge is 2.27. The number of aryl methyl sites for hydroxylation is 1. The van der Waals surface area contributed by atoms with Crippen molar-refractivity contribution < 1.29 is 14.4 Å². The molecule has 4 aromatic rings. The molecule has 0 N–H and O–H groups in total. The SMILES string of the molecule is CN(C)OC(=O)N1CCc2c(c3ccc(-n4ccc(OCc5ccccc5)cc4=O)cc3n2C)C1. The second kappa shape index (κ2) is 9.31. The summed E-state index contributed by atoms with van der Waals surface area (Å²) in [4.78, 5) is 32.2. The number of amides is 1. The van der Waals surface area contributed by atoms with Crippen molar-refractivity contribution in [1.82, 2.24) is 19.1 Å². The van der Waals surface area contributed by atoms with Crippen molar-refractivity contribution in [1.29, 1.82) is 0 Å². The quantitative estimate of drug-likeness (QED) is 0.413. The first-order valence-corrected chi connectivity index (χ1v) is 11.5. The minimum absolute atomic E-state index is 0.161. The van der Waals surface area contributed by atoms with Gasteiger partial charge in [0.15, 0.2) is 0 Å². The molecule has 1 aliphatic rings. The van der Waals surface area contributed by atoms with E-state index < -0.39 is 0 Å². The number of hydrogen-bond donors (Lipinski definition) is 0. The predicted octanol–water partition coefficient (Wildman–Crippen LogP) is 3.88. The Morgan fingerprint density at radius 2 is 1.86 bits per heavy atom. The topological polar surface area (TPSA) is 68.9 Å². The van der Waals surface area contributed by atoms with Crippen LogP contribution in [0.15, 0.2) is 71.7 Å². The van der Waals surface area contributed by atoms with Gasteiger partial charge in [-0.15, -0.1) is 5.06 Å². The number of carbonyl (C=O) groups is 1. The molecule has 8 nitrogen and oxygen atoms in total. The Bertz CT molecular complexity index is 1440. The third kappa shape index (κ3) is 4.52. The second-order valence-corrected chi connectivity index (χ2v) is 8.87. The molecule has 0 saturated heterocycles. The Kier molecular flexibility index (Phi) is 6.05. The van der Waals surface area contributed by atoms with Crippen molar-refractivity contribution in [3.8, 4) is 11.4 Å². The van der Waals surface area contributed by atoms with Crippen LogP contribution in [0, 0.1) is 0 Å². The molecule has 2 aromatic carbocycles. The molecular weight excluding hydrogens is 444 g/mol. The van der Waals surface area contributed by atoms with Crippen LogP contribution in [-0.4, -0.2) is 45.8 Å². The summed E-state index contributed by atoms with van der Waals surface area (Å²) < 4.78 is 9.57. The highest BCUT2D eigenvalue weighted by atomic mass is 16.7. The third-order valence-electron chi connectivity index (χ3n) is 6.32. The van der Waals surface area contributed by atoms with Crippen molar-refractivity contribution in [2.45, 2.75) is 19.6 Å². The highest BCUT2D eigenvalue weighted by molar-refractivity contribution is 5.88. The summed E-state index contributed by atoms with van der Waals surface area (Å²) in [5.41, 5.74) is 5.00. The van der Waals surface area contributed by atoms with E-state index >= 15 is 0 Å². The first-order valence-electron chi connectivity index (χ1n) is 11.5. The fourth-order valence-corrected chi connectivity index (χ4v) is 4.59. The number of carbonyl (C=O) groups excluding carboxylic acids is 1. The van der Waals surface area contributed by atoms with E-state index in [9.17, 15) is 9.59 Å². The van der Waals surface area contributed by atoms with E-state index in [1.165, 1.54) is 16.8 Å². The van der Waals surface area contributed by atoms with Gasteiger partial charge in [0, 0.05) is 63.0 Å². The van der Waals surface area contributed by atoms with Crippen LogP contribution < -0.4 is 10.3 Å². The van der Waals surface area contributed by atoms with Crippen molar-refractivity contribution in [3.05, 3.63) is 94.0 Å². The zero-order valence-electron chi connectivity index (χ0n) is 20.1. The van der Waals surface area contributed by atoms with E-state index in [0.29, 0.717) is 25.4 Å². The second-order valence-electron chi connectivity index (χ2n) is 8.87. The molecule has 0 saturated carbocycles. The van der Waals surface area contributed by atoms with E-state index in [-0.39, 0.29) is 11.7 Å². The molecule has 1 aliphatic heterocycles. The molecule has 0 aliphatic carbocycles. The van der Waals surface area contributed by atoms with E-state index in [0.717, 1.165) is 34.1 Å². The molecular formula is C27H28N4O4. The van der Waals surface area contributed by atoms with Gasteiger partial charge in [-0.25, -0.2) is 4.79 Å². The Hall–Kier alpha value is -4.04. The van der Waals surface area contributed by atoms with Crippen LogP contribution in [0.1, 0.15) is 16.8 Å². The molecule has 3 heterocycles. The molecule has 180 valence electrons. The number of fused-ring (bicyclic) bond motifs is 3. The molecule has 0 unspecified atom stereocenters. The van der Waals surface area contributed by atoms with E-state index in [1.54, 1.807) is 35.8 Å². The van der Waals surface area contributed by atoms with Crippen LogP contribution in [0.3, 0.4) is 0 Å². The maximum Gasteiger partial charge on any atom is 0.429 e. The average molecular weight is 473 g/mol. The summed E-state index contributed by atoms with van der Waals surface area (Å²) >= 11 is 0. The normalized spacial score (nSPS) is 13.2. The number of benzene rings is 2.